The minimum absolute atomic E-state index is 0.196. The Morgan fingerprint density at radius 3 is 2.86 bits per heavy atom. The Balaban J connectivity index is 2.09. The van der Waals surface area contributed by atoms with Crippen molar-refractivity contribution < 1.29 is 9.90 Å². The molecule has 0 aromatic carbocycles. The number of ketones is 1. The fourth-order valence-corrected chi connectivity index (χ4v) is 3.28. The van der Waals surface area contributed by atoms with Crippen molar-refractivity contribution in [2.75, 3.05) is 19.7 Å². The second kappa shape index (κ2) is 6.79. The van der Waals surface area contributed by atoms with Crippen molar-refractivity contribution in [1.29, 1.82) is 0 Å². The van der Waals surface area contributed by atoms with Gasteiger partial charge in [-0.25, -0.2) is 0 Å². The molecule has 0 aromatic heterocycles. The number of carbonyl (C=O) groups is 1. The van der Waals surface area contributed by atoms with Crippen molar-refractivity contribution in [3.8, 4) is 0 Å². The minimum Gasteiger partial charge on any atom is -0.389 e. The molecule has 124 valence electrons. The molecule has 0 radical (unpaired) electrons. The molecule has 0 bridgehead atoms. The quantitative estimate of drug-likeness (QED) is 0.537. The van der Waals surface area contributed by atoms with E-state index in [0.29, 0.717) is 24.7 Å². The van der Waals surface area contributed by atoms with Crippen LogP contribution < -0.4 is 16.4 Å². The van der Waals surface area contributed by atoms with Crippen molar-refractivity contribution in [3.63, 3.8) is 0 Å². The van der Waals surface area contributed by atoms with Crippen molar-refractivity contribution in [1.82, 2.24) is 10.6 Å². The van der Waals surface area contributed by atoms with Gasteiger partial charge >= 0.3 is 0 Å². The fraction of sp³-hybridized carbons (Fsp3) is 0.750. The van der Waals surface area contributed by atoms with E-state index >= 15 is 0 Å². The van der Waals surface area contributed by atoms with Gasteiger partial charge in [0.05, 0.1) is 12.6 Å². The monoisotopic (exact) mass is 308 g/mol. The predicted octanol–water partition coefficient (Wildman–Crippen LogP) is 0.175. The number of aliphatic imine (C=N–C) groups is 1. The number of hydrogen-bond acceptors (Lipinski definition) is 6. The van der Waals surface area contributed by atoms with Crippen LogP contribution in [0.1, 0.15) is 33.1 Å². The Kier molecular flexibility index (Phi) is 5.24. The number of nitrogens with zero attached hydrogens (tertiary/aromatic N) is 1. The molecule has 3 atom stereocenters. The van der Waals surface area contributed by atoms with Crippen LogP contribution in [0.2, 0.25) is 0 Å². The lowest BCUT2D eigenvalue weighted by atomic mass is 9.82. The zero-order valence-electron chi connectivity index (χ0n) is 13.6. The van der Waals surface area contributed by atoms with Crippen LogP contribution in [0.4, 0.5) is 0 Å². The van der Waals surface area contributed by atoms with E-state index in [9.17, 15) is 9.90 Å². The van der Waals surface area contributed by atoms with Gasteiger partial charge in [0.2, 0.25) is 0 Å². The SMILES string of the molecule is C=C1NCC[C@H]1C[C@@]1(C(=O)CO)CN=C([C@@H](N)CC(C)C)N1. The molecule has 6 nitrogen and oxygen atoms in total. The van der Waals surface area contributed by atoms with Crippen molar-refractivity contribution in [3.05, 3.63) is 12.3 Å². The van der Waals surface area contributed by atoms with E-state index in [1.54, 1.807) is 0 Å². The van der Waals surface area contributed by atoms with E-state index in [0.717, 1.165) is 25.1 Å². The third-order valence-corrected chi connectivity index (χ3v) is 4.57. The van der Waals surface area contributed by atoms with Crippen molar-refractivity contribution >= 4 is 11.6 Å². The van der Waals surface area contributed by atoms with Gasteiger partial charge in [0.15, 0.2) is 5.78 Å². The van der Waals surface area contributed by atoms with Gasteiger partial charge in [-0.2, -0.15) is 0 Å². The predicted molar refractivity (Wildman–Crippen MR) is 87.6 cm³/mol. The van der Waals surface area contributed by atoms with Gasteiger partial charge in [-0.3, -0.25) is 9.79 Å². The lowest BCUT2D eigenvalue weighted by molar-refractivity contribution is -0.127. The number of rotatable bonds is 7. The molecule has 0 amide bonds. The van der Waals surface area contributed by atoms with Crippen molar-refractivity contribution in [2.24, 2.45) is 22.6 Å². The first-order valence-corrected chi connectivity index (χ1v) is 8.03. The summed E-state index contributed by atoms with van der Waals surface area (Å²) in [5.41, 5.74) is 6.31. The van der Waals surface area contributed by atoms with E-state index < -0.39 is 12.1 Å². The first kappa shape index (κ1) is 17.0. The molecule has 0 spiro atoms. The molecular formula is C16H28N4O2. The van der Waals surface area contributed by atoms with Crippen LogP contribution in [0, 0.1) is 11.8 Å². The molecule has 22 heavy (non-hydrogen) atoms. The van der Waals surface area contributed by atoms with Crippen LogP contribution in [0.5, 0.6) is 0 Å². The molecule has 0 saturated carbocycles. The lowest BCUT2D eigenvalue weighted by Crippen LogP contribution is -2.57. The molecular weight excluding hydrogens is 280 g/mol. The number of carbonyl (C=O) groups excluding carboxylic acids is 1. The molecule has 2 aliphatic heterocycles. The Labute approximate surface area is 132 Å². The maximum Gasteiger partial charge on any atom is 0.185 e. The number of hydrogen-bond donors (Lipinski definition) is 4. The fourth-order valence-electron chi connectivity index (χ4n) is 3.28. The summed E-state index contributed by atoms with van der Waals surface area (Å²) in [6.07, 6.45) is 2.36. The molecule has 1 saturated heterocycles. The van der Waals surface area contributed by atoms with E-state index in [2.05, 4.69) is 36.1 Å². The van der Waals surface area contributed by atoms with E-state index in [1.807, 2.05) is 0 Å². The average Bonchev–Trinajstić information content (AvgIpc) is 3.06. The summed E-state index contributed by atoms with van der Waals surface area (Å²) in [5.74, 6) is 1.15. The molecule has 2 rings (SSSR count). The summed E-state index contributed by atoms with van der Waals surface area (Å²) in [6.45, 7) is 8.97. The van der Waals surface area contributed by atoms with Crippen LogP contribution in [0.25, 0.3) is 0 Å². The van der Waals surface area contributed by atoms with Crippen LogP contribution >= 0.6 is 0 Å². The zero-order chi connectivity index (χ0) is 16.3. The normalized spacial score (nSPS) is 29.2. The van der Waals surface area contributed by atoms with Crippen molar-refractivity contribution in [2.45, 2.75) is 44.7 Å². The van der Waals surface area contributed by atoms with Gasteiger partial charge in [-0.1, -0.05) is 20.4 Å². The number of Topliss-reactive ketones (excluding diaryl/α,β-unsaturated/α-hetero) is 1. The van der Waals surface area contributed by atoms with Crippen LogP contribution in [-0.4, -0.2) is 48.0 Å². The highest BCUT2D eigenvalue weighted by Crippen LogP contribution is 2.31. The molecule has 6 heteroatoms. The molecule has 0 aromatic rings. The largest absolute Gasteiger partial charge is 0.389 e. The standard InChI is InChI=1S/C16H28N4O2/c1-10(2)6-13(17)15-19-9-16(20-15,14(22)8-21)7-12-4-5-18-11(12)3/h10,12-13,18,21H,3-9,17H2,1-2H3,(H,19,20)/t12-,13-,16-/m0/s1. The smallest absolute Gasteiger partial charge is 0.185 e. The highest BCUT2D eigenvalue weighted by molar-refractivity contribution is 5.99. The van der Waals surface area contributed by atoms with Gasteiger partial charge < -0.3 is 21.5 Å². The maximum absolute atomic E-state index is 12.3. The molecule has 2 aliphatic rings. The Morgan fingerprint density at radius 2 is 2.32 bits per heavy atom. The second-order valence-corrected chi connectivity index (χ2v) is 6.87. The van der Waals surface area contributed by atoms with Gasteiger partial charge in [0.1, 0.15) is 18.0 Å². The third kappa shape index (κ3) is 3.50. The summed E-state index contributed by atoms with van der Waals surface area (Å²) in [6, 6.07) is -0.196. The van der Waals surface area contributed by atoms with Gasteiger partial charge in [-0.05, 0) is 25.2 Å². The Morgan fingerprint density at radius 1 is 1.59 bits per heavy atom. The Bertz CT molecular complexity index is 475. The number of aliphatic hydroxyl groups excluding tert-OH is 1. The van der Waals surface area contributed by atoms with Gasteiger partial charge in [0, 0.05) is 18.2 Å². The van der Waals surface area contributed by atoms with Crippen LogP contribution in [0.15, 0.2) is 17.3 Å². The summed E-state index contributed by atoms with van der Waals surface area (Å²) in [5, 5.41) is 15.8. The first-order valence-electron chi connectivity index (χ1n) is 8.03. The minimum atomic E-state index is -0.835. The highest BCUT2D eigenvalue weighted by Gasteiger charge is 2.45. The number of allylic oxidation sites excluding steroid dienone is 1. The first-order chi connectivity index (χ1) is 10.4. The summed E-state index contributed by atoms with van der Waals surface area (Å²) < 4.78 is 0. The average molecular weight is 308 g/mol. The number of nitrogens with two attached hydrogens (primary N) is 1. The van der Waals surface area contributed by atoms with Crippen LogP contribution in [-0.2, 0) is 4.79 Å². The van der Waals surface area contributed by atoms with Gasteiger partial charge in [-0.15, -0.1) is 0 Å². The molecule has 1 fully saturated rings. The highest BCUT2D eigenvalue weighted by atomic mass is 16.3. The van der Waals surface area contributed by atoms with E-state index in [-0.39, 0.29) is 17.7 Å². The number of nitrogens with one attached hydrogen (secondary N) is 2. The lowest BCUT2D eigenvalue weighted by Gasteiger charge is -2.31. The number of amidine groups is 1. The van der Waals surface area contributed by atoms with Gasteiger partial charge in [0.25, 0.3) is 0 Å². The molecule has 2 heterocycles. The van der Waals surface area contributed by atoms with E-state index in [4.69, 9.17) is 5.73 Å². The van der Waals surface area contributed by atoms with Crippen LogP contribution in [0.3, 0.4) is 0 Å². The number of aliphatic hydroxyl groups is 1. The zero-order valence-corrected chi connectivity index (χ0v) is 13.6. The third-order valence-electron chi connectivity index (χ3n) is 4.57. The second-order valence-electron chi connectivity index (χ2n) is 6.87. The summed E-state index contributed by atoms with van der Waals surface area (Å²) >= 11 is 0. The molecule has 0 aliphatic carbocycles. The maximum atomic E-state index is 12.3. The van der Waals surface area contributed by atoms with E-state index in [1.165, 1.54) is 0 Å². The summed E-state index contributed by atoms with van der Waals surface area (Å²) in [4.78, 5) is 16.8. The summed E-state index contributed by atoms with van der Waals surface area (Å²) in [7, 11) is 0. The molecule has 0 unspecified atom stereocenters. The molecule has 5 N–H and O–H groups in total. The Hall–Kier alpha value is -1.40. The topological polar surface area (TPSA) is 99.7 Å².